The number of rotatable bonds is 2. The number of carbonyl (C=O) groups is 2. The molecule has 0 aliphatic carbocycles. The largest absolute Gasteiger partial charge is 0.479 e. The van der Waals surface area contributed by atoms with E-state index in [0.717, 1.165) is 0 Å². The summed E-state index contributed by atoms with van der Waals surface area (Å²) in [5.74, 6) is -1.23. The fraction of sp³-hybridized carbons (Fsp3) is 0.333. The molecule has 0 bridgehead atoms. The quantitative estimate of drug-likeness (QED) is 0.535. The second-order valence-electron chi connectivity index (χ2n) is 1.24. The van der Waals surface area contributed by atoms with E-state index >= 15 is 0 Å². The van der Waals surface area contributed by atoms with E-state index < -0.39 is 18.7 Å². The topological polar surface area (TPSA) is 66.8 Å². The summed E-state index contributed by atoms with van der Waals surface area (Å²) in [4.78, 5) is 20.1. The molecule has 58 valence electrons. The third-order valence-electron chi connectivity index (χ3n) is 0.482. The van der Waals surface area contributed by atoms with Crippen LogP contribution in [0.2, 0.25) is 0 Å². The van der Waals surface area contributed by atoms with Gasteiger partial charge in [0.25, 0.3) is 0 Å². The molecule has 0 saturated carbocycles. The lowest BCUT2D eigenvalue weighted by molar-refractivity contribution is -0.140. The van der Waals surface area contributed by atoms with E-state index in [9.17, 15) is 9.59 Å². The molecule has 0 aromatic carbocycles. The van der Waals surface area contributed by atoms with Crippen molar-refractivity contribution in [1.29, 1.82) is 0 Å². The predicted molar refractivity (Wildman–Crippen MR) is 38.8 cm³/mol. The Morgan fingerprint density at radius 1 is 1.50 bits per heavy atom. The molecule has 0 aromatic heterocycles. The van der Waals surface area contributed by atoms with Gasteiger partial charge in [0.15, 0.2) is 6.61 Å². The fourth-order valence-corrected chi connectivity index (χ4v) is 0.297. The van der Waals surface area contributed by atoms with Crippen molar-refractivity contribution in [3.63, 3.8) is 0 Å². The Morgan fingerprint density at radius 2 is 2.00 bits per heavy atom. The van der Waals surface area contributed by atoms with Gasteiger partial charge >= 0.3 is 12.1 Å². The van der Waals surface area contributed by atoms with Gasteiger partial charge in [-0.15, -0.1) is 0 Å². The van der Waals surface area contributed by atoms with Crippen molar-refractivity contribution < 1.29 is 19.4 Å². The van der Waals surface area contributed by atoms with E-state index in [1.54, 1.807) is 0 Å². The maximum absolute atomic E-state index is 10.3. The number of carboxylic acid groups (broad SMARTS) is 1. The van der Waals surface area contributed by atoms with Gasteiger partial charge in [-0.3, -0.25) is 0 Å². The Kier molecular flexibility index (Phi) is 4.05. The minimum atomic E-state index is -1.23. The summed E-state index contributed by atoms with van der Waals surface area (Å²) in [6.07, 6.45) is -0.922. The van der Waals surface area contributed by atoms with Crippen LogP contribution in [0.1, 0.15) is 0 Å². The lowest BCUT2D eigenvalue weighted by Gasteiger charge is -2.05. The molecule has 0 aliphatic rings. The number of carboxylic acids is 1. The smallest absolute Gasteiger partial charge is 0.430 e. The van der Waals surface area contributed by atoms with Crippen LogP contribution in [0, 0.1) is 0 Å². The normalized spacial score (nSPS) is 8.60. The molecule has 0 fully saturated rings. The average molecular weight is 183 g/mol. The standard InChI is InChI=1S/C3H5NO4S2/c5-2(6)1-8-3(7)4(9)10/h9-10H,1H2,(H,5,6). The summed E-state index contributed by atoms with van der Waals surface area (Å²) in [7, 11) is 0. The van der Waals surface area contributed by atoms with Gasteiger partial charge in [0.05, 0.1) is 0 Å². The Morgan fingerprint density at radius 3 is 2.30 bits per heavy atom. The van der Waals surface area contributed by atoms with Crippen LogP contribution in [0.4, 0.5) is 4.79 Å². The Hall–Kier alpha value is -0.560. The molecular weight excluding hydrogens is 178 g/mol. The molecule has 5 nitrogen and oxygen atoms in total. The first-order chi connectivity index (χ1) is 4.54. The van der Waals surface area contributed by atoms with Crippen LogP contribution in [-0.4, -0.2) is 27.5 Å². The van der Waals surface area contributed by atoms with E-state index in [4.69, 9.17) is 5.11 Å². The van der Waals surface area contributed by atoms with Crippen molar-refractivity contribution in [3.05, 3.63) is 0 Å². The Balaban J connectivity index is 3.50. The number of hydrogen-bond donors (Lipinski definition) is 3. The number of aliphatic carboxylic acids is 1. The van der Waals surface area contributed by atoms with E-state index in [-0.39, 0.29) is 0 Å². The van der Waals surface area contributed by atoms with Crippen LogP contribution in [0.15, 0.2) is 0 Å². The summed E-state index contributed by atoms with van der Waals surface area (Å²) in [6, 6.07) is 0. The van der Waals surface area contributed by atoms with Crippen molar-refractivity contribution in [3.8, 4) is 0 Å². The molecule has 10 heavy (non-hydrogen) atoms. The van der Waals surface area contributed by atoms with Gasteiger partial charge in [0.2, 0.25) is 0 Å². The zero-order valence-corrected chi connectivity index (χ0v) is 6.51. The number of nitrogens with zero attached hydrogens (tertiary/aromatic N) is 1. The van der Waals surface area contributed by atoms with E-state index in [1.807, 2.05) is 0 Å². The summed E-state index contributed by atoms with van der Waals surface area (Å²) in [6.45, 7) is -0.684. The van der Waals surface area contributed by atoms with Gasteiger partial charge in [-0.2, -0.15) is 3.71 Å². The second-order valence-corrected chi connectivity index (χ2v) is 2.35. The lowest BCUT2D eigenvalue weighted by Crippen LogP contribution is -2.18. The van der Waals surface area contributed by atoms with Crippen molar-refractivity contribution in [2.75, 3.05) is 6.61 Å². The van der Waals surface area contributed by atoms with Crippen LogP contribution < -0.4 is 0 Å². The zero-order chi connectivity index (χ0) is 8.15. The first kappa shape index (κ1) is 9.44. The van der Waals surface area contributed by atoms with Crippen molar-refractivity contribution in [2.45, 2.75) is 0 Å². The van der Waals surface area contributed by atoms with Gasteiger partial charge in [-0.25, -0.2) is 9.59 Å². The average Bonchev–Trinajstić information content (AvgIpc) is 1.82. The molecule has 7 heteroatoms. The highest BCUT2D eigenvalue weighted by atomic mass is 32.2. The van der Waals surface area contributed by atoms with Gasteiger partial charge in [0.1, 0.15) is 0 Å². The number of thiol groups is 2. The highest BCUT2D eigenvalue weighted by Crippen LogP contribution is 1.99. The monoisotopic (exact) mass is 183 g/mol. The summed E-state index contributed by atoms with van der Waals surface area (Å²) in [5.41, 5.74) is 0. The van der Waals surface area contributed by atoms with Crippen LogP contribution in [0.25, 0.3) is 0 Å². The highest BCUT2D eigenvalue weighted by molar-refractivity contribution is 7.94. The second kappa shape index (κ2) is 4.29. The maximum Gasteiger partial charge on any atom is 0.430 e. The lowest BCUT2D eigenvalue weighted by atomic mass is 10.7. The molecule has 0 spiro atoms. The third kappa shape index (κ3) is 4.33. The number of hydrogen-bond acceptors (Lipinski definition) is 5. The minimum absolute atomic E-state index is 0.545. The van der Waals surface area contributed by atoms with Crippen LogP contribution >= 0.6 is 25.6 Å². The first-order valence-electron chi connectivity index (χ1n) is 2.10. The SMILES string of the molecule is O=C(O)COC(=O)N(S)S. The zero-order valence-electron chi connectivity index (χ0n) is 4.72. The number of carbonyl (C=O) groups excluding carboxylic acids is 1. The van der Waals surface area contributed by atoms with Gasteiger partial charge in [-0.1, -0.05) is 0 Å². The van der Waals surface area contributed by atoms with Gasteiger partial charge < -0.3 is 9.84 Å². The highest BCUT2D eigenvalue weighted by Gasteiger charge is 2.08. The molecule has 1 amide bonds. The number of amides is 1. The molecule has 0 atom stereocenters. The summed E-state index contributed by atoms with van der Waals surface area (Å²) >= 11 is 6.85. The van der Waals surface area contributed by atoms with E-state index in [0.29, 0.717) is 3.71 Å². The molecule has 0 radical (unpaired) electrons. The third-order valence-corrected chi connectivity index (χ3v) is 0.809. The summed E-state index contributed by atoms with van der Waals surface area (Å²) in [5, 5.41) is 8.00. The predicted octanol–water partition coefficient (Wildman–Crippen LogP) is 0.199. The molecule has 0 rings (SSSR count). The Bertz CT molecular complexity index is 147. The molecular formula is C3H5NO4S2. The minimum Gasteiger partial charge on any atom is -0.479 e. The van der Waals surface area contributed by atoms with Gasteiger partial charge in [0, 0.05) is 0 Å². The van der Waals surface area contributed by atoms with Crippen LogP contribution in [0.3, 0.4) is 0 Å². The molecule has 0 saturated heterocycles. The van der Waals surface area contributed by atoms with Crippen molar-refractivity contribution in [2.24, 2.45) is 0 Å². The molecule has 0 unspecified atom stereocenters. The van der Waals surface area contributed by atoms with Crippen molar-refractivity contribution >= 4 is 37.7 Å². The maximum atomic E-state index is 10.3. The fourth-order valence-electron chi connectivity index (χ4n) is 0.181. The number of ether oxygens (including phenoxy) is 1. The summed E-state index contributed by atoms with van der Waals surface area (Å²) < 4.78 is 4.64. The molecule has 0 aromatic rings. The van der Waals surface area contributed by atoms with Crippen LogP contribution in [-0.2, 0) is 9.53 Å². The van der Waals surface area contributed by atoms with Crippen LogP contribution in [0.5, 0.6) is 0 Å². The molecule has 0 heterocycles. The van der Waals surface area contributed by atoms with E-state index in [1.165, 1.54) is 0 Å². The van der Waals surface area contributed by atoms with E-state index in [2.05, 4.69) is 30.4 Å². The van der Waals surface area contributed by atoms with Crippen molar-refractivity contribution in [1.82, 2.24) is 3.71 Å². The Labute approximate surface area is 68.0 Å². The van der Waals surface area contributed by atoms with Gasteiger partial charge in [-0.05, 0) is 25.6 Å². The molecule has 1 N–H and O–H groups in total. The first-order valence-corrected chi connectivity index (χ1v) is 2.90. The molecule has 0 aliphatic heterocycles.